The van der Waals surface area contributed by atoms with Crippen LogP contribution in [0.1, 0.15) is 12.8 Å². The topological polar surface area (TPSA) is 21.3 Å². The number of halogens is 1. The van der Waals surface area contributed by atoms with Crippen molar-refractivity contribution in [2.45, 2.75) is 12.8 Å². The van der Waals surface area contributed by atoms with Gasteiger partial charge in [0.1, 0.15) is 18.2 Å². The Morgan fingerprint density at radius 1 is 1.40 bits per heavy atom. The molecule has 1 aliphatic carbocycles. The summed E-state index contributed by atoms with van der Waals surface area (Å²) in [6, 6.07) is 6.24. The summed E-state index contributed by atoms with van der Waals surface area (Å²) in [6.45, 7) is 2.51. The van der Waals surface area contributed by atoms with Crippen LogP contribution in [0.15, 0.2) is 24.3 Å². The lowest BCUT2D eigenvalue weighted by molar-refractivity contribution is 0.311. The van der Waals surface area contributed by atoms with Gasteiger partial charge < -0.3 is 10.1 Å². The average molecular weight is 209 g/mol. The highest BCUT2D eigenvalue weighted by atomic mass is 19.1. The summed E-state index contributed by atoms with van der Waals surface area (Å²) in [6.07, 6.45) is 2.72. The highest BCUT2D eigenvalue weighted by Crippen LogP contribution is 2.27. The van der Waals surface area contributed by atoms with Gasteiger partial charge in [-0.05, 0) is 37.4 Å². The molecule has 0 spiro atoms. The Hall–Kier alpha value is -1.09. The summed E-state index contributed by atoms with van der Waals surface area (Å²) in [5.41, 5.74) is 0. The second-order valence-corrected chi connectivity index (χ2v) is 3.95. The van der Waals surface area contributed by atoms with Gasteiger partial charge in [0.05, 0.1) is 0 Å². The molecule has 1 fully saturated rings. The van der Waals surface area contributed by atoms with Crippen molar-refractivity contribution in [1.29, 1.82) is 0 Å². The van der Waals surface area contributed by atoms with Gasteiger partial charge in [0.15, 0.2) is 0 Å². The highest BCUT2D eigenvalue weighted by molar-refractivity contribution is 5.22. The first-order valence-corrected chi connectivity index (χ1v) is 5.44. The van der Waals surface area contributed by atoms with E-state index in [0.29, 0.717) is 12.4 Å². The van der Waals surface area contributed by atoms with Gasteiger partial charge in [0.25, 0.3) is 0 Å². The summed E-state index contributed by atoms with van der Waals surface area (Å²) in [7, 11) is 0. The molecule has 1 aromatic carbocycles. The Kier molecular flexibility index (Phi) is 3.56. The summed E-state index contributed by atoms with van der Waals surface area (Å²) in [5, 5.41) is 3.31. The molecule has 0 bridgehead atoms. The Bertz CT molecular complexity index is 312. The summed E-state index contributed by atoms with van der Waals surface area (Å²) in [4.78, 5) is 0. The summed E-state index contributed by atoms with van der Waals surface area (Å²) in [5.74, 6) is 1.24. The zero-order chi connectivity index (χ0) is 10.5. The van der Waals surface area contributed by atoms with E-state index in [2.05, 4.69) is 5.32 Å². The number of rotatable bonds is 6. The molecule has 0 atom stereocenters. The molecule has 15 heavy (non-hydrogen) atoms. The van der Waals surface area contributed by atoms with E-state index in [-0.39, 0.29) is 5.82 Å². The van der Waals surface area contributed by atoms with Gasteiger partial charge >= 0.3 is 0 Å². The fraction of sp³-hybridized carbons (Fsp3) is 0.500. The van der Waals surface area contributed by atoms with Crippen molar-refractivity contribution in [3.63, 3.8) is 0 Å². The third-order valence-corrected chi connectivity index (χ3v) is 2.47. The van der Waals surface area contributed by atoms with E-state index in [1.165, 1.54) is 25.0 Å². The molecule has 1 aromatic rings. The van der Waals surface area contributed by atoms with Crippen molar-refractivity contribution in [2.24, 2.45) is 5.92 Å². The minimum atomic E-state index is -0.251. The second-order valence-electron chi connectivity index (χ2n) is 3.95. The molecule has 2 rings (SSSR count). The zero-order valence-electron chi connectivity index (χ0n) is 8.71. The van der Waals surface area contributed by atoms with Crippen LogP contribution in [0.2, 0.25) is 0 Å². The fourth-order valence-electron chi connectivity index (χ4n) is 1.43. The SMILES string of the molecule is Fc1cccc(OCCNCC2CC2)c1. The minimum absolute atomic E-state index is 0.251. The molecule has 1 aliphatic rings. The molecular weight excluding hydrogens is 193 g/mol. The third-order valence-electron chi connectivity index (χ3n) is 2.47. The van der Waals surface area contributed by atoms with Crippen LogP contribution in [-0.4, -0.2) is 19.7 Å². The quantitative estimate of drug-likeness (QED) is 0.725. The van der Waals surface area contributed by atoms with Crippen molar-refractivity contribution in [3.05, 3.63) is 30.1 Å². The van der Waals surface area contributed by atoms with E-state index in [4.69, 9.17) is 4.74 Å². The van der Waals surface area contributed by atoms with E-state index in [0.717, 1.165) is 19.0 Å². The van der Waals surface area contributed by atoms with Gasteiger partial charge in [-0.3, -0.25) is 0 Å². The van der Waals surface area contributed by atoms with Gasteiger partial charge in [-0.2, -0.15) is 0 Å². The van der Waals surface area contributed by atoms with Crippen LogP contribution < -0.4 is 10.1 Å². The standard InChI is InChI=1S/C12H16FNO/c13-11-2-1-3-12(8-11)15-7-6-14-9-10-4-5-10/h1-3,8,10,14H,4-7,9H2. The predicted octanol–water partition coefficient (Wildman–Crippen LogP) is 2.20. The van der Waals surface area contributed by atoms with Gasteiger partial charge in [0.2, 0.25) is 0 Å². The minimum Gasteiger partial charge on any atom is -0.492 e. The normalized spacial score (nSPS) is 15.3. The monoisotopic (exact) mass is 209 g/mol. The van der Waals surface area contributed by atoms with Gasteiger partial charge in [-0.25, -0.2) is 4.39 Å². The lowest BCUT2D eigenvalue weighted by atomic mass is 10.3. The molecule has 2 nitrogen and oxygen atoms in total. The molecule has 0 aromatic heterocycles. The van der Waals surface area contributed by atoms with Crippen LogP contribution in [0.3, 0.4) is 0 Å². The van der Waals surface area contributed by atoms with Crippen LogP contribution in [0, 0.1) is 11.7 Å². The Morgan fingerprint density at radius 3 is 3.00 bits per heavy atom. The summed E-state index contributed by atoms with van der Waals surface area (Å²) < 4.78 is 18.1. The fourth-order valence-corrected chi connectivity index (χ4v) is 1.43. The molecule has 1 saturated carbocycles. The predicted molar refractivity (Wildman–Crippen MR) is 57.5 cm³/mol. The number of nitrogens with one attached hydrogen (secondary N) is 1. The lowest BCUT2D eigenvalue weighted by Gasteiger charge is -2.06. The smallest absolute Gasteiger partial charge is 0.126 e. The van der Waals surface area contributed by atoms with Crippen LogP contribution in [0.25, 0.3) is 0 Å². The van der Waals surface area contributed by atoms with Crippen LogP contribution >= 0.6 is 0 Å². The van der Waals surface area contributed by atoms with E-state index in [1.807, 2.05) is 0 Å². The molecule has 3 heteroatoms. The molecule has 0 unspecified atom stereocenters. The maximum Gasteiger partial charge on any atom is 0.126 e. The van der Waals surface area contributed by atoms with E-state index < -0.39 is 0 Å². The maximum absolute atomic E-state index is 12.8. The maximum atomic E-state index is 12.8. The Balaban J connectivity index is 1.60. The lowest BCUT2D eigenvalue weighted by Crippen LogP contribution is -2.23. The van der Waals surface area contributed by atoms with Crippen molar-refractivity contribution < 1.29 is 9.13 Å². The molecule has 0 aliphatic heterocycles. The zero-order valence-corrected chi connectivity index (χ0v) is 8.71. The van der Waals surface area contributed by atoms with Crippen LogP contribution in [0.5, 0.6) is 5.75 Å². The summed E-state index contributed by atoms with van der Waals surface area (Å²) >= 11 is 0. The van der Waals surface area contributed by atoms with Crippen LogP contribution in [-0.2, 0) is 0 Å². The molecular formula is C12H16FNO. The highest BCUT2D eigenvalue weighted by Gasteiger charge is 2.19. The van der Waals surface area contributed by atoms with Gasteiger partial charge in [0, 0.05) is 12.6 Å². The average Bonchev–Trinajstić information content (AvgIpc) is 3.01. The van der Waals surface area contributed by atoms with Crippen molar-refractivity contribution in [3.8, 4) is 5.75 Å². The first kappa shape index (κ1) is 10.4. The molecule has 0 radical (unpaired) electrons. The van der Waals surface area contributed by atoms with E-state index >= 15 is 0 Å². The van der Waals surface area contributed by atoms with E-state index in [9.17, 15) is 4.39 Å². The molecule has 0 heterocycles. The van der Waals surface area contributed by atoms with Crippen molar-refractivity contribution in [2.75, 3.05) is 19.7 Å². The molecule has 0 amide bonds. The third kappa shape index (κ3) is 3.88. The van der Waals surface area contributed by atoms with Crippen molar-refractivity contribution in [1.82, 2.24) is 5.32 Å². The van der Waals surface area contributed by atoms with Gasteiger partial charge in [-0.15, -0.1) is 0 Å². The number of hydrogen-bond acceptors (Lipinski definition) is 2. The first-order valence-electron chi connectivity index (χ1n) is 5.44. The molecule has 0 saturated heterocycles. The molecule has 82 valence electrons. The number of benzene rings is 1. The first-order chi connectivity index (χ1) is 7.34. The van der Waals surface area contributed by atoms with Crippen molar-refractivity contribution >= 4 is 0 Å². The van der Waals surface area contributed by atoms with E-state index in [1.54, 1.807) is 12.1 Å². The molecule has 1 N–H and O–H groups in total. The Morgan fingerprint density at radius 2 is 2.27 bits per heavy atom. The Labute approximate surface area is 89.4 Å². The van der Waals surface area contributed by atoms with Crippen LogP contribution in [0.4, 0.5) is 4.39 Å². The largest absolute Gasteiger partial charge is 0.492 e. The number of ether oxygens (including phenoxy) is 1. The number of hydrogen-bond donors (Lipinski definition) is 1. The van der Waals surface area contributed by atoms with Gasteiger partial charge in [-0.1, -0.05) is 6.07 Å². The second kappa shape index (κ2) is 5.12.